The molecule has 2 bridgehead atoms. The molecular weight excluding hydrogens is 198 g/mol. The van der Waals surface area contributed by atoms with Gasteiger partial charge in [0.05, 0.1) is 12.2 Å². The first-order chi connectivity index (χ1) is 7.44. The summed E-state index contributed by atoms with van der Waals surface area (Å²) in [6, 6.07) is 0.239. The van der Waals surface area contributed by atoms with Gasteiger partial charge in [0.1, 0.15) is 0 Å². The first kappa shape index (κ1) is 12.4. The fourth-order valence-electron chi connectivity index (χ4n) is 3.48. The second-order valence-electron chi connectivity index (χ2n) is 6.85. The van der Waals surface area contributed by atoms with Crippen LogP contribution >= 0.6 is 0 Å². The van der Waals surface area contributed by atoms with Gasteiger partial charge in [-0.3, -0.25) is 0 Å². The Bertz CT molecular complexity index is 233. The third-order valence-corrected chi connectivity index (χ3v) is 4.22. The van der Waals surface area contributed by atoms with Crippen LogP contribution in [0.15, 0.2) is 0 Å². The summed E-state index contributed by atoms with van der Waals surface area (Å²) >= 11 is 0. The molecule has 0 aromatic heterocycles. The molecule has 2 nitrogen and oxygen atoms in total. The van der Waals surface area contributed by atoms with E-state index >= 15 is 0 Å². The van der Waals surface area contributed by atoms with Crippen LogP contribution in [0, 0.1) is 17.8 Å². The van der Waals surface area contributed by atoms with E-state index in [0.717, 1.165) is 24.4 Å². The van der Waals surface area contributed by atoms with Crippen molar-refractivity contribution in [1.82, 2.24) is 0 Å². The zero-order chi connectivity index (χ0) is 11.8. The van der Waals surface area contributed by atoms with E-state index in [9.17, 15) is 0 Å². The van der Waals surface area contributed by atoms with Crippen LogP contribution in [0.4, 0.5) is 0 Å². The molecule has 0 aromatic carbocycles. The molecule has 2 saturated carbocycles. The molecule has 0 aromatic rings. The van der Waals surface area contributed by atoms with E-state index < -0.39 is 0 Å². The molecule has 2 fully saturated rings. The van der Waals surface area contributed by atoms with Gasteiger partial charge in [0.15, 0.2) is 0 Å². The maximum atomic E-state index is 6.17. The summed E-state index contributed by atoms with van der Waals surface area (Å²) in [5.41, 5.74) is 6.12. The van der Waals surface area contributed by atoms with Crippen molar-refractivity contribution in [2.45, 2.75) is 64.5 Å². The zero-order valence-electron chi connectivity index (χ0n) is 11.0. The molecule has 4 atom stereocenters. The fraction of sp³-hybridized carbons (Fsp3) is 1.00. The lowest BCUT2D eigenvalue weighted by atomic mass is 9.84. The van der Waals surface area contributed by atoms with Crippen LogP contribution in [0.2, 0.25) is 0 Å². The summed E-state index contributed by atoms with van der Waals surface area (Å²) in [4.78, 5) is 0. The molecule has 4 unspecified atom stereocenters. The summed E-state index contributed by atoms with van der Waals surface area (Å²) in [5, 5.41) is 0. The van der Waals surface area contributed by atoms with E-state index in [0.29, 0.717) is 0 Å². The van der Waals surface area contributed by atoms with Gasteiger partial charge in [-0.05, 0) is 64.2 Å². The predicted molar refractivity (Wildman–Crippen MR) is 67.2 cm³/mol. The highest BCUT2D eigenvalue weighted by atomic mass is 16.5. The molecule has 0 radical (unpaired) electrons. The van der Waals surface area contributed by atoms with Crippen LogP contribution in [0.1, 0.15) is 52.9 Å². The second kappa shape index (κ2) is 4.66. The van der Waals surface area contributed by atoms with Gasteiger partial charge in [0, 0.05) is 6.04 Å². The molecule has 2 heteroatoms. The molecule has 94 valence electrons. The number of fused-ring (bicyclic) bond motifs is 2. The normalized spacial score (nSPS) is 35.6. The molecule has 16 heavy (non-hydrogen) atoms. The minimum Gasteiger partial charge on any atom is -0.374 e. The van der Waals surface area contributed by atoms with Crippen molar-refractivity contribution in [3.05, 3.63) is 0 Å². The summed E-state index contributed by atoms with van der Waals surface area (Å²) in [6.45, 7) is 7.00. The Hall–Kier alpha value is -0.0800. The zero-order valence-corrected chi connectivity index (χ0v) is 11.0. The number of nitrogens with two attached hydrogens (primary N) is 1. The molecule has 2 aliphatic rings. The first-order valence-electron chi connectivity index (χ1n) is 6.83. The lowest BCUT2D eigenvalue weighted by Gasteiger charge is -2.27. The van der Waals surface area contributed by atoms with Crippen LogP contribution in [0.25, 0.3) is 0 Å². The average Bonchev–Trinajstić information content (AvgIpc) is 2.75. The predicted octanol–water partition coefficient (Wildman–Crippen LogP) is 2.96. The number of hydrogen-bond acceptors (Lipinski definition) is 2. The molecule has 2 N–H and O–H groups in total. The van der Waals surface area contributed by atoms with Gasteiger partial charge in [-0.2, -0.15) is 0 Å². The Labute approximate surface area is 99.9 Å². The molecule has 0 amide bonds. The lowest BCUT2D eigenvalue weighted by molar-refractivity contribution is -0.0133. The Kier molecular flexibility index (Phi) is 3.60. The van der Waals surface area contributed by atoms with E-state index in [4.69, 9.17) is 10.5 Å². The maximum Gasteiger partial charge on any atom is 0.0624 e. The minimum atomic E-state index is -0.0493. The van der Waals surface area contributed by atoms with E-state index in [1.54, 1.807) is 0 Å². The van der Waals surface area contributed by atoms with Crippen molar-refractivity contribution >= 4 is 0 Å². The van der Waals surface area contributed by atoms with Crippen LogP contribution in [0.3, 0.4) is 0 Å². The molecule has 0 saturated heterocycles. The highest BCUT2D eigenvalue weighted by Crippen LogP contribution is 2.49. The third kappa shape index (κ3) is 3.21. The third-order valence-electron chi connectivity index (χ3n) is 4.22. The van der Waals surface area contributed by atoms with Gasteiger partial charge in [-0.25, -0.2) is 0 Å². The van der Waals surface area contributed by atoms with Gasteiger partial charge in [0.25, 0.3) is 0 Å². The quantitative estimate of drug-likeness (QED) is 0.798. The van der Waals surface area contributed by atoms with Gasteiger partial charge >= 0.3 is 0 Å². The van der Waals surface area contributed by atoms with Crippen LogP contribution < -0.4 is 5.73 Å². The molecule has 2 aliphatic carbocycles. The van der Waals surface area contributed by atoms with Gasteiger partial charge in [0.2, 0.25) is 0 Å². The van der Waals surface area contributed by atoms with E-state index in [2.05, 4.69) is 20.8 Å². The minimum absolute atomic E-state index is 0.0493. The van der Waals surface area contributed by atoms with Crippen molar-refractivity contribution in [3.8, 4) is 0 Å². The molecule has 0 heterocycles. The lowest BCUT2D eigenvalue weighted by Crippen LogP contribution is -2.34. The highest BCUT2D eigenvalue weighted by molar-refractivity contribution is 4.91. The van der Waals surface area contributed by atoms with Crippen LogP contribution in [-0.2, 0) is 4.74 Å². The topological polar surface area (TPSA) is 35.2 Å². The summed E-state index contributed by atoms with van der Waals surface area (Å²) < 4.78 is 5.76. The number of ether oxygens (including phenoxy) is 1. The second-order valence-corrected chi connectivity index (χ2v) is 6.85. The number of rotatable bonds is 4. The SMILES string of the molecule is CC(C)(C)OCC(N)CC1CC2CCC1C2. The summed E-state index contributed by atoms with van der Waals surface area (Å²) in [6.07, 6.45) is 7.04. The van der Waals surface area contributed by atoms with E-state index in [-0.39, 0.29) is 11.6 Å². The Morgan fingerprint density at radius 2 is 2.00 bits per heavy atom. The largest absolute Gasteiger partial charge is 0.374 e. The maximum absolute atomic E-state index is 6.17. The summed E-state index contributed by atoms with van der Waals surface area (Å²) in [5.74, 6) is 2.92. The van der Waals surface area contributed by atoms with Crippen molar-refractivity contribution in [2.24, 2.45) is 23.5 Å². The van der Waals surface area contributed by atoms with Crippen molar-refractivity contribution < 1.29 is 4.74 Å². The number of hydrogen-bond donors (Lipinski definition) is 1. The Balaban J connectivity index is 1.69. The smallest absolute Gasteiger partial charge is 0.0624 e. The Morgan fingerprint density at radius 1 is 1.25 bits per heavy atom. The highest BCUT2D eigenvalue weighted by Gasteiger charge is 2.39. The van der Waals surface area contributed by atoms with Crippen LogP contribution in [0.5, 0.6) is 0 Å². The average molecular weight is 225 g/mol. The van der Waals surface area contributed by atoms with Gasteiger partial charge in [-0.15, -0.1) is 0 Å². The van der Waals surface area contributed by atoms with Crippen LogP contribution in [-0.4, -0.2) is 18.2 Å². The van der Waals surface area contributed by atoms with Crippen molar-refractivity contribution in [3.63, 3.8) is 0 Å². The van der Waals surface area contributed by atoms with Crippen molar-refractivity contribution in [1.29, 1.82) is 0 Å². The molecule has 0 aliphatic heterocycles. The van der Waals surface area contributed by atoms with E-state index in [1.807, 2.05) is 0 Å². The molecular formula is C14H27NO. The Morgan fingerprint density at radius 3 is 2.50 bits per heavy atom. The molecule has 0 spiro atoms. The van der Waals surface area contributed by atoms with Gasteiger partial charge < -0.3 is 10.5 Å². The first-order valence-corrected chi connectivity index (χ1v) is 6.83. The fourth-order valence-corrected chi connectivity index (χ4v) is 3.48. The standard InChI is InChI=1S/C14H27NO/c1-14(2,3)16-9-13(15)8-12-7-10-4-5-11(12)6-10/h10-13H,4-9,15H2,1-3H3. The molecule has 2 rings (SSSR count). The monoisotopic (exact) mass is 225 g/mol. The van der Waals surface area contributed by atoms with Gasteiger partial charge in [-0.1, -0.05) is 6.42 Å². The summed E-state index contributed by atoms with van der Waals surface area (Å²) in [7, 11) is 0. The van der Waals surface area contributed by atoms with E-state index in [1.165, 1.54) is 32.1 Å². The van der Waals surface area contributed by atoms with Crippen molar-refractivity contribution in [2.75, 3.05) is 6.61 Å².